The lowest BCUT2D eigenvalue weighted by Gasteiger charge is -2.38. The van der Waals surface area contributed by atoms with E-state index in [0.717, 1.165) is 25.7 Å². The van der Waals surface area contributed by atoms with Crippen LogP contribution in [0.2, 0.25) is 0 Å². The summed E-state index contributed by atoms with van der Waals surface area (Å²) < 4.78 is 17.0. The lowest BCUT2D eigenvalue weighted by Crippen LogP contribution is -2.49. The van der Waals surface area contributed by atoms with E-state index in [0.29, 0.717) is 12.0 Å². The SMILES string of the molecule is C/C=C(\C)C(=O)O[C@@H]1C[C@@H](O)[C@H](O[C@H](C)CCCCCCC(=O)O)O[C@H]1C. The molecule has 0 aromatic carbocycles. The fourth-order valence-corrected chi connectivity index (χ4v) is 2.90. The number of allylic oxidation sites excluding steroid dienone is 1. The topological polar surface area (TPSA) is 102 Å². The zero-order valence-corrected chi connectivity index (χ0v) is 16.8. The maximum Gasteiger partial charge on any atom is 0.333 e. The summed E-state index contributed by atoms with van der Waals surface area (Å²) >= 11 is 0. The zero-order chi connectivity index (χ0) is 20.4. The van der Waals surface area contributed by atoms with Crippen LogP contribution in [0, 0.1) is 0 Å². The maximum atomic E-state index is 11.9. The highest BCUT2D eigenvalue weighted by atomic mass is 16.7. The molecule has 0 bridgehead atoms. The molecule has 1 rings (SSSR count). The number of hydrogen-bond acceptors (Lipinski definition) is 6. The smallest absolute Gasteiger partial charge is 0.333 e. The van der Waals surface area contributed by atoms with Gasteiger partial charge in [-0.25, -0.2) is 4.79 Å². The van der Waals surface area contributed by atoms with E-state index in [1.807, 2.05) is 6.92 Å². The Kier molecular flexibility index (Phi) is 10.6. The van der Waals surface area contributed by atoms with Gasteiger partial charge in [0.05, 0.1) is 12.2 Å². The van der Waals surface area contributed by atoms with Crippen LogP contribution in [0.1, 0.15) is 72.6 Å². The molecule has 0 spiro atoms. The number of aliphatic carboxylic acids is 1. The Labute approximate surface area is 161 Å². The molecular formula is C20H34O7. The Hall–Kier alpha value is -1.44. The monoisotopic (exact) mass is 386 g/mol. The molecule has 0 unspecified atom stereocenters. The fraction of sp³-hybridized carbons (Fsp3) is 0.800. The summed E-state index contributed by atoms with van der Waals surface area (Å²) in [5.41, 5.74) is 0.520. The van der Waals surface area contributed by atoms with Gasteiger partial charge in [-0.05, 0) is 40.5 Å². The highest BCUT2D eigenvalue weighted by Crippen LogP contribution is 2.26. The van der Waals surface area contributed by atoms with Gasteiger partial charge in [-0.15, -0.1) is 0 Å². The van der Waals surface area contributed by atoms with Crippen molar-refractivity contribution < 1.29 is 34.0 Å². The van der Waals surface area contributed by atoms with Gasteiger partial charge < -0.3 is 24.4 Å². The zero-order valence-electron chi connectivity index (χ0n) is 16.8. The molecule has 0 aliphatic carbocycles. The van der Waals surface area contributed by atoms with E-state index >= 15 is 0 Å². The third kappa shape index (κ3) is 8.86. The van der Waals surface area contributed by atoms with Crippen molar-refractivity contribution in [3.05, 3.63) is 11.6 Å². The number of carboxylic acid groups (broad SMARTS) is 1. The van der Waals surface area contributed by atoms with E-state index in [2.05, 4.69) is 0 Å². The van der Waals surface area contributed by atoms with Crippen molar-refractivity contribution in [1.29, 1.82) is 0 Å². The minimum absolute atomic E-state index is 0.0827. The van der Waals surface area contributed by atoms with Gasteiger partial charge in [-0.1, -0.05) is 25.3 Å². The van der Waals surface area contributed by atoms with Crippen molar-refractivity contribution >= 4 is 11.9 Å². The first-order valence-corrected chi connectivity index (χ1v) is 9.79. The van der Waals surface area contributed by atoms with Crippen LogP contribution in [0.3, 0.4) is 0 Å². The van der Waals surface area contributed by atoms with Crippen molar-refractivity contribution in [3.8, 4) is 0 Å². The summed E-state index contributed by atoms with van der Waals surface area (Å²) in [6.45, 7) is 7.18. The Balaban J connectivity index is 2.32. The van der Waals surface area contributed by atoms with Crippen LogP contribution < -0.4 is 0 Å². The molecule has 2 N–H and O–H groups in total. The van der Waals surface area contributed by atoms with E-state index in [-0.39, 0.29) is 25.0 Å². The molecule has 0 radical (unpaired) electrons. The average Bonchev–Trinajstić information content (AvgIpc) is 2.61. The van der Waals surface area contributed by atoms with Crippen LogP contribution in [0.5, 0.6) is 0 Å². The van der Waals surface area contributed by atoms with E-state index in [9.17, 15) is 14.7 Å². The van der Waals surface area contributed by atoms with Crippen molar-refractivity contribution in [2.45, 2.75) is 103 Å². The van der Waals surface area contributed by atoms with Crippen LogP contribution in [-0.4, -0.2) is 52.9 Å². The lowest BCUT2D eigenvalue weighted by molar-refractivity contribution is -0.275. The van der Waals surface area contributed by atoms with E-state index in [1.165, 1.54) is 0 Å². The molecule has 0 amide bonds. The second kappa shape index (κ2) is 12.1. The van der Waals surface area contributed by atoms with Crippen LogP contribution >= 0.6 is 0 Å². The summed E-state index contributed by atoms with van der Waals surface area (Å²) in [6, 6.07) is 0. The van der Waals surface area contributed by atoms with E-state index in [4.69, 9.17) is 19.3 Å². The van der Waals surface area contributed by atoms with Crippen molar-refractivity contribution in [2.75, 3.05) is 0 Å². The molecule has 0 aromatic rings. The molecule has 1 heterocycles. The lowest BCUT2D eigenvalue weighted by atomic mass is 10.0. The summed E-state index contributed by atoms with van der Waals surface area (Å²) in [7, 11) is 0. The molecule has 1 fully saturated rings. The molecule has 1 saturated heterocycles. The molecular weight excluding hydrogens is 352 g/mol. The normalized spacial score (nSPS) is 27.2. The number of aliphatic hydroxyl groups excluding tert-OH is 1. The maximum absolute atomic E-state index is 11.9. The number of aliphatic hydroxyl groups is 1. The summed E-state index contributed by atoms with van der Waals surface area (Å²) in [6.07, 6.45) is 3.90. The Morgan fingerprint density at radius 1 is 1.26 bits per heavy atom. The standard InChI is InChI=1S/C20H34O7/c1-5-13(2)19(24)27-17-12-16(21)20(26-15(17)4)25-14(3)10-8-6-7-9-11-18(22)23/h5,14-17,20-21H,6-12H2,1-4H3,(H,22,23)/b13-5+/t14-,15+,16-,17-,20-/m1/s1. The minimum Gasteiger partial charge on any atom is -0.481 e. The minimum atomic E-state index is -0.858. The second-order valence-corrected chi connectivity index (χ2v) is 7.22. The number of carbonyl (C=O) groups is 2. The number of unbranched alkanes of at least 4 members (excludes halogenated alkanes) is 3. The number of ether oxygens (including phenoxy) is 3. The number of rotatable bonds is 11. The van der Waals surface area contributed by atoms with Gasteiger partial charge in [0.2, 0.25) is 0 Å². The van der Waals surface area contributed by atoms with Gasteiger partial charge in [-0.2, -0.15) is 0 Å². The third-order valence-electron chi connectivity index (χ3n) is 4.79. The molecule has 0 aromatic heterocycles. The molecule has 1 aliphatic rings. The van der Waals surface area contributed by atoms with Crippen molar-refractivity contribution in [2.24, 2.45) is 0 Å². The molecule has 7 heteroatoms. The Morgan fingerprint density at radius 2 is 1.93 bits per heavy atom. The first kappa shape index (κ1) is 23.6. The summed E-state index contributed by atoms with van der Waals surface area (Å²) in [5.74, 6) is -1.16. The van der Waals surface area contributed by atoms with Gasteiger partial charge in [0.25, 0.3) is 0 Å². The third-order valence-corrected chi connectivity index (χ3v) is 4.79. The first-order valence-electron chi connectivity index (χ1n) is 9.79. The van der Waals surface area contributed by atoms with Gasteiger partial charge >= 0.3 is 11.9 Å². The van der Waals surface area contributed by atoms with Gasteiger partial charge in [0.15, 0.2) is 6.29 Å². The molecule has 5 atom stereocenters. The molecule has 7 nitrogen and oxygen atoms in total. The molecule has 0 saturated carbocycles. The van der Waals surface area contributed by atoms with Gasteiger partial charge in [0.1, 0.15) is 12.2 Å². The van der Waals surface area contributed by atoms with E-state index < -0.39 is 30.4 Å². The fourth-order valence-electron chi connectivity index (χ4n) is 2.90. The quantitative estimate of drug-likeness (QED) is 0.319. The number of carboxylic acids is 1. The molecule has 1 aliphatic heterocycles. The second-order valence-electron chi connectivity index (χ2n) is 7.22. The van der Waals surface area contributed by atoms with Crippen LogP contribution in [-0.2, 0) is 23.8 Å². The van der Waals surface area contributed by atoms with E-state index in [1.54, 1.807) is 26.8 Å². The highest BCUT2D eigenvalue weighted by molar-refractivity contribution is 5.87. The average molecular weight is 386 g/mol. The van der Waals surface area contributed by atoms with Gasteiger partial charge in [0, 0.05) is 18.4 Å². The predicted octanol–water partition coefficient (Wildman–Crippen LogP) is 3.19. The summed E-state index contributed by atoms with van der Waals surface area (Å²) in [4.78, 5) is 22.4. The highest BCUT2D eigenvalue weighted by Gasteiger charge is 2.38. The number of esters is 1. The van der Waals surface area contributed by atoms with Crippen LogP contribution in [0.25, 0.3) is 0 Å². The van der Waals surface area contributed by atoms with Crippen LogP contribution in [0.4, 0.5) is 0 Å². The Morgan fingerprint density at radius 3 is 2.56 bits per heavy atom. The molecule has 27 heavy (non-hydrogen) atoms. The first-order chi connectivity index (χ1) is 12.7. The van der Waals surface area contributed by atoms with Gasteiger partial charge in [-0.3, -0.25) is 4.79 Å². The number of hydrogen-bond donors (Lipinski definition) is 2. The van der Waals surface area contributed by atoms with Crippen molar-refractivity contribution in [3.63, 3.8) is 0 Å². The molecule has 156 valence electrons. The largest absolute Gasteiger partial charge is 0.481 e. The predicted molar refractivity (Wildman–Crippen MR) is 100 cm³/mol. The van der Waals surface area contributed by atoms with Crippen molar-refractivity contribution in [1.82, 2.24) is 0 Å². The summed E-state index contributed by atoms with van der Waals surface area (Å²) in [5, 5.41) is 18.9. The number of carbonyl (C=O) groups excluding carboxylic acids is 1. The van der Waals surface area contributed by atoms with Crippen LogP contribution in [0.15, 0.2) is 11.6 Å². The Bertz CT molecular complexity index is 503.